The molecule has 0 radical (unpaired) electrons. The van der Waals surface area contributed by atoms with Crippen molar-refractivity contribution in [3.63, 3.8) is 0 Å². The lowest BCUT2D eigenvalue weighted by Crippen LogP contribution is -2.57. The average molecular weight is 385 g/mol. The van der Waals surface area contributed by atoms with E-state index in [2.05, 4.69) is 15.6 Å². The summed E-state index contributed by atoms with van der Waals surface area (Å²) in [5.41, 5.74) is 12.0. The number of halogens is 1. The predicted octanol–water partition coefficient (Wildman–Crippen LogP) is 2.95. The second-order valence-corrected chi connectivity index (χ2v) is 7.26. The topological polar surface area (TPSA) is 123 Å². The van der Waals surface area contributed by atoms with Gasteiger partial charge in [0.05, 0.1) is 11.1 Å². The Morgan fingerprint density at radius 2 is 1.96 bits per heavy atom. The molecule has 3 rings (SSSR count). The maximum atomic E-state index is 14.6. The highest BCUT2D eigenvalue weighted by Crippen LogP contribution is 2.38. The number of amides is 1. The second-order valence-electron chi connectivity index (χ2n) is 7.26. The van der Waals surface area contributed by atoms with Crippen LogP contribution >= 0.6 is 0 Å². The number of hydrogen-bond acceptors (Lipinski definition) is 6. The lowest BCUT2D eigenvalue weighted by molar-refractivity contribution is 0.0996. The zero-order valence-corrected chi connectivity index (χ0v) is 15.9. The molecule has 0 saturated heterocycles. The Kier molecular flexibility index (Phi) is 5.33. The van der Waals surface area contributed by atoms with E-state index in [0.717, 1.165) is 25.3 Å². The summed E-state index contributed by atoms with van der Waals surface area (Å²) in [6, 6.07) is 7.58. The van der Waals surface area contributed by atoms with Crippen LogP contribution in [0.2, 0.25) is 0 Å². The number of pyridine rings is 1. The Balaban J connectivity index is 1.98. The van der Waals surface area contributed by atoms with Crippen LogP contribution in [0.15, 0.2) is 30.3 Å². The van der Waals surface area contributed by atoms with Crippen molar-refractivity contribution in [1.82, 2.24) is 4.98 Å². The van der Waals surface area contributed by atoms with E-state index in [1.54, 1.807) is 24.3 Å². The van der Waals surface area contributed by atoms with E-state index in [-0.39, 0.29) is 29.0 Å². The molecular weight excluding hydrogens is 361 g/mol. The summed E-state index contributed by atoms with van der Waals surface area (Å²) in [6.07, 6.45) is 2.62. The number of anilines is 3. The first-order valence-electron chi connectivity index (χ1n) is 9.14. The number of aromatic nitrogens is 1. The van der Waals surface area contributed by atoms with Gasteiger partial charge in [-0.25, -0.2) is 9.37 Å². The first-order valence-corrected chi connectivity index (χ1v) is 9.14. The number of nitrogens with zero attached hydrogens (tertiary/aromatic N) is 1. The standard InChI is InChI=1S/C20H24FN5O2/c1-11(27)13-5-3-6-14(9-13)24-18-15(17(23)28)10-16(21)19(25-18)26-20(12(2)22)7-4-8-20/h3,5-6,9-10,12H,4,7-8,22H2,1-2H3,(H2,23,28)(H2,24,25,26)/t12-/m0/s1. The van der Waals surface area contributed by atoms with Crippen LogP contribution in [0.25, 0.3) is 0 Å². The number of hydrogen-bond donors (Lipinski definition) is 4. The lowest BCUT2D eigenvalue weighted by atomic mass is 9.72. The van der Waals surface area contributed by atoms with Gasteiger partial charge in [0.2, 0.25) is 0 Å². The molecular formula is C20H24FN5O2. The van der Waals surface area contributed by atoms with Crippen LogP contribution in [-0.4, -0.2) is 28.3 Å². The number of ketones is 1. The van der Waals surface area contributed by atoms with Crippen molar-refractivity contribution in [2.75, 3.05) is 10.6 Å². The molecule has 2 aromatic rings. The summed E-state index contributed by atoms with van der Waals surface area (Å²) < 4.78 is 14.6. The average Bonchev–Trinajstić information content (AvgIpc) is 2.59. The lowest BCUT2D eigenvalue weighted by Gasteiger charge is -2.46. The third kappa shape index (κ3) is 3.82. The van der Waals surface area contributed by atoms with Gasteiger partial charge in [0, 0.05) is 17.3 Å². The third-order valence-corrected chi connectivity index (χ3v) is 5.26. The van der Waals surface area contributed by atoms with Crippen molar-refractivity contribution >= 4 is 29.0 Å². The summed E-state index contributed by atoms with van der Waals surface area (Å²) in [5, 5.41) is 6.09. The molecule has 1 aliphatic carbocycles. The molecule has 1 amide bonds. The van der Waals surface area contributed by atoms with Crippen LogP contribution in [0.4, 0.5) is 21.7 Å². The number of benzene rings is 1. The Labute approximate surface area is 162 Å². The summed E-state index contributed by atoms with van der Waals surface area (Å²) in [5.74, 6) is -1.47. The summed E-state index contributed by atoms with van der Waals surface area (Å²) in [6.45, 7) is 3.33. The molecule has 148 valence electrons. The molecule has 0 bridgehead atoms. The largest absolute Gasteiger partial charge is 0.365 e. The van der Waals surface area contributed by atoms with Crippen molar-refractivity contribution in [3.05, 3.63) is 47.3 Å². The molecule has 0 unspecified atom stereocenters. The van der Waals surface area contributed by atoms with Gasteiger partial charge >= 0.3 is 0 Å². The molecule has 1 aromatic carbocycles. The van der Waals surface area contributed by atoms with Crippen LogP contribution in [-0.2, 0) is 0 Å². The zero-order valence-electron chi connectivity index (χ0n) is 15.9. The van der Waals surface area contributed by atoms with E-state index in [1.807, 2.05) is 6.92 Å². The number of primary amides is 1. The van der Waals surface area contributed by atoms with Crippen LogP contribution in [0.5, 0.6) is 0 Å². The quantitative estimate of drug-likeness (QED) is 0.544. The normalized spacial score (nSPS) is 16.0. The van der Waals surface area contributed by atoms with Gasteiger partial charge < -0.3 is 22.1 Å². The summed E-state index contributed by atoms with van der Waals surface area (Å²) >= 11 is 0. The molecule has 0 aliphatic heterocycles. The zero-order chi connectivity index (χ0) is 20.5. The maximum absolute atomic E-state index is 14.6. The third-order valence-electron chi connectivity index (χ3n) is 5.26. The second kappa shape index (κ2) is 7.55. The fraction of sp³-hybridized carbons (Fsp3) is 0.350. The van der Waals surface area contributed by atoms with Gasteiger partial charge in [-0.3, -0.25) is 9.59 Å². The van der Waals surface area contributed by atoms with Gasteiger partial charge in [-0.15, -0.1) is 0 Å². The Morgan fingerprint density at radius 3 is 2.50 bits per heavy atom. The van der Waals surface area contributed by atoms with E-state index < -0.39 is 17.3 Å². The fourth-order valence-electron chi connectivity index (χ4n) is 3.30. The van der Waals surface area contributed by atoms with Crippen molar-refractivity contribution in [1.29, 1.82) is 0 Å². The number of nitrogens with two attached hydrogens (primary N) is 2. The van der Waals surface area contributed by atoms with Crippen LogP contribution in [0.3, 0.4) is 0 Å². The van der Waals surface area contributed by atoms with E-state index in [4.69, 9.17) is 11.5 Å². The highest BCUT2D eigenvalue weighted by atomic mass is 19.1. The number of nitrogens with one attached hydrogen (secondary N) is 2. The van der Waals surface area contributed by atoms with E-state index in [1.165, 1.54) is 6.92 Å². The minimum Gasteiger partial charge on any atom is -0.365 e. The minimum absolute atomic E-state index is 0.00669. The minimum atomic E-state index is -0.811. The first kappa shape index (κ1) is 19.8. The van der Waals surface area contributed by atoms with Crippen LogP contribution in [0, 0.1) is 5.82 Å². The molecule has 1 fully saturated rings. The number of rotatable bonds is 7. The molecule has 7 nitrogen and oxygen atoms in total. The molecule has 0 spiro atoms. The molecule has 28 heavy (non-hydrogen) atoms. The highest BCUT2D eigenvalue weighted by Gasteiger charge is 2.41. The molecule has 8 heteroatoms. The smallest absolute Gasteiger partial charge is 0.252 e. The summed E-state index contributed by atoms with van der Waals surface area (Å²) in [4.78, 5) is 27.7. The predicted molar refractivity (Wildman–Crippen MR) is 106 cm³/mol. The van der Waals surface area contributed by atoms with Crippen molar-refractivity contribution in [2.24, 2.45) is 11.5 Å². The maximum Gasteiger partial charge on any atom is 0.252 e. The molecule has 6 N–H and O–H groups in total. The molecule has 1 atom stereocenters. The van der Waals surface area contributed by atoms with E-state index in [0.29, 0.717) is 11.3 Å². The molecule has 1 heterocycles. The molecule has 1 saturated carbocycles. The van der Waals surface area contributed by atoms with Gasteiger partial charge in [0.15, 0.2) is 17.4 Å². The Bertz CT molecular complexity index is 925. The fourth-order valence-corrected chi connectivity index (χ4v) is 3.30. The first-order chi connectivity index (χ1) is 13.2. The van der Waals surface area contributed by atoms with Gasteiger partial charge in [-0.05, 0) is 51.3 Å². The van der Waals surface area contributed by atoms with Gasteiger partial charge in [0.25, 0.3) is 5.91 Å². The van der Waals surface area contributed by atoms with Crippen LogP contribution in [0.1, 0.15) is 53.8 Å². The number of Topliss-reactive ketones (excluding diaryl/α,β-unsaturated/α-hetero) is 1. The summed E-state index contributed by atoms with van der Waals surface area (Å²) in [7, 11) is 0. The van der Waals surface area contributed by atoms with E-state index in [9.17, 15) is 14.0 Å². The number of carbonyl (C=O) groups is 2. The van der Waals surface area contributed by atoms with Gasteiger partial charge in [-0.2, -0.15) is 0 Å². The van der Waals surface area contributed by atoms with Crippen LogP contribution < -0.4 is 22.1 Å². The monoisotopic (exact) mass is 385 g/mol. The van der Waals surface area contributed by atoms with Crippen molar-refractivity contribution in [3.8, 4) is 0 Å². The van der Waals surface area contributed by atoms with E-state index >= 15 is 0 Å². The number of carbonyl (C=O) groups excluding carboxylic acids is 2. The Morgan fingerprint density at radius 1 is 1.25 bits per heavy atom. The Hall–Kier alpha value is -3.00. The molecule has 1 aromatic heterocycles. The van der Waals surface area contributed by atoms with Crippen molar-refractivity contribution < 1.29 is 14.0 Å². The van der Waals surface area contributed by atoms with Gasteiger partial charge in [0.1, 0.15) is 5.82 Å². The van der Waals surface area contributed by atoms with Crippen molar-refractivity contribution in [2.45, 2.75) is 44.7 Å². The molecule has 1 aliphatic rings. The van der Waals surface area contributed by atoms with Gasteiger partial charge in [-0.1, -0.05) is 12.1 Å². The highest BCUT2D eigenvalue weighted by molar-refractivity contribution is 5.99. The SMILES string of the molecule is CC(=O)c1cccc(Nc2nc(NC3([C@H](C)N)CCC3)c(F)cc2C(N)=O)c1.